The zero-order valence-corrected chi connectivity index (χ0v) is 10.7. The van der Waals surface area contributed by atoms with E-state index in [2.05, 4.69) is 5.32 Å². The molecule has 2 rings (SSSR count). The van der Waals surface area contributed by atoms with Crippen LogP contribution < -0.4 is 10.0 Å². The topological polar surface area (TPSA) is 102 Å². The second-order valence-corrected chi connectivity index (χ2v) is 6.52. The Morgan fingerprint density at radius 1 is 1.44 bits per heavy atom. The van der Waals surface area contributed by atoms with Crippen molar-refractivity contribution in [2.45, 2.75) is 24.5 Å². The second-order valence-electron chi connectivity index (χ2n) is 4.56. The Balaban J connectivity index is 1.95. The smallest absolute Gasteiger partial charge is 0.240 e. The van der Waals surface area contributed by atoms with Gasteiger partial charge in [0.1, 0.15) is 5.25 Å². The van der Waals surface area contributed by atoms with Crippen molar-refractivity contribution < 1.29 is 22.7 Å². The van der Waals surface area contributed by atoms with Crippen LogP contribution in [0, 0.1) is 5.92 Å². The number of carbonyl (C=O) groups is 2. The number of hydrogen-bond acceptors (Lipinski definition) is 5. The van der Waals surface area contributed by atoms with Crippen molar-refractivity contribution in [1.29, 1.82) is 0 Å². The molecule has 0 bridgehead atoms. The SMILES string of the molecule is O=C1CC(C(=O)NS(=O)(=O)C2CCCOC2)CN1. The van der Waals surface area contributed by atoms with Gasteiger partial charge in [-0.3, -0.25) is 14.3 Å². The Hall–Kier alpha value is -1.15. The molecule has 2 N–H and O–H groups in total. The minimum Gasteiger partial charge on any atom is -0.380 e. The van der Waals surface area contributed by atoms with E-state index in [1.165, 1.54) is 0 Å². The molecule has 2 unspecified atom stereocenters. The van der Waals surface area contributed by atoms with Crippen LogP contribution in [0.3, 0.4) is 0 Å². The number of amides is 2. The summed E-state index contributed by atoms with van der Waals surface area (Å²) in [5.41, 5.74) is 0. The van der Waals surface area contributed by atoms with E-state index in [-0.39, 0.29) is 25.5 Å². The summed E-state index contributed by atoms with van der Waals surface area (Å²) < 4.78 is 31.0. The van der Waals surface area contributed by atoms with Crippen LogP contribution >= 0.6 is 0 Å². The van der Waals surface area contributed by atoms with Crippen LogP contribution in [0.1, 0.15) is 19.3 Å². The molecule has 2 aliphatic heterocycles. The highest BCUT2D eigenvalue weighted by Gasteiger charge is 2.34. The molecule has 2 atom stereocenters. The van der Waals surface area contributed by atoms with E-state index < -0.39 is 27.1 Å². The minimum atomic E-state index is -3.70. The maximum Gasteiger partial charge on any atom is 0.240 e. The summed E-state index contributed by atoms with van der Waals surface area (Å²) in [4.78, 5) is 22.7. The van der Waals surface area contributed by atoms with Gasteiger partial charge in [0.15, 0.2) is 0 Å². The molecule has 18 heavy (non-hydrogen) atoms. The molecule has 102 valence electrons. The number of sulfonamides is 1. The summed E-state index contributed by atoms with van der Waals surface area (Å²) in [5.74, 6) is -1.44. The Morgan fingerprint density at radius 3 is 2.78 bits per heavy atom. The Morgan fingerprint density at radius 2 is 2.22 bits per heavy atom. The molecule has 0 aromatic rings. The largest absolute Gasteiger partial charge is 0.380 e. The van der Waals surface area contributed by atoms with Crippen molar-refractivity contribution in [2.75, 3.05) is 19.8 Å². The number of hydrogen-bond donors (Lipinski definition) is 2. The maximum atomic E-state index is 11.9. The summed E-state index contributed by atoms with van der Waals surface area (Å²) in [5, 5.41) is 1.82. The van der Waals surface area contributed by atoms with Crippen molar-refractivity contribution in [3.8, 4) is 0 Å². The van der Waals surface area contributed by atoms with Crippen LogP contribution in [0.15, 0.2) is 0 Å². The zero-order valence-electron chi connectivity index (χ0n) is 9.85. The molecule has 0 aliphatic carbocycles. The number of ether oxygens (including phenoxy) is 1. The first kappa shape index (κ1) is 13.3. The van der Waals surface area contributed by atoms with E-state index in [9.17, 15) is 18.0 Å². The normalized spacial score (nSPS) is 28.8. The predicted molar refractivity (Wildman–Crippen MR) is 62.0 cm³/mol. The quantitative estimate of drug-likeness (QED) is 0.670. The first-order valence-corrected chi connectivity index (χ1v) is 7.43. The van der Waals surface area contributed by atoms with E-state index in [4.69, 9.17) is 4.74 Å². The van der Waals surface area contributed by atoms with Crippen LogP contribution in [0.4, 0.5) is 0 Å². The van der Waals surface area contributed by atoms with Crippen LogP contribution in [0.25, 0.3) is 0 Å². The van der Waals surface area contributed by atoms with E-state index in [0.717, 1.165) is 0 Å². The molecular formula is C10H16N2O5S. The van der Waals surface area contributed by atoms with Gasteiger partial charge in [-0.2, -0.15) is 0 Å². The third-order valence-electron chi connectivity index (χ3n) is 3.15. The summed E-state index contributed by atoms with van der Waals surface area (Å²) in [6.45, 7) is 0.868. The highest BCUT2D eigenvalue weighted by molar-refractivity contribution is 7.90. The van der Waals surface area contributed by atoms with Gasteiger partial charge in [0, 0.05) is 19.6 Å². The Labute approximate surface area is 105 Å². The number of carbonyl (C=O) groups excluding carboxylic acids is 2. The van der Waals surface area contributed by atoms with Gasteiger partial charge in [0.2, 0.25) is 21.8 Å². The zero-order chi connectivity index (χ0) is 13.2. The van der Waals surface area contributed by atoms with Gasteiger partial charge >= 0.3 is 0 Å². The van der Waals surface area contributed by atoms with Crippen LogP contribution in [0.2, 0.25) is 0 Å². The molecule has 7 nitrogen and oxygen atoms in total. The lowest BCUT2D eigenvalue weighted by Gasteiger charge is -2.22. The molecule has 0 aromatic heterocycles. The second kappa shape index (κ2) is 5.23. The monoisotopic (exact) mass is 276 g/mol. The third-order valence-corrected chi connectivity index (χ3v) is 4.88. The molecule has 0 radical (unpaired) electrons. The molecule has 2 amide bonds. The van der Waals surface area contributed by atoms with Crippen molar-refractivity contribution in [3.63, 3.8) is 0 Å². The van der Waals surface area contributed by atoms with Crippen molar-refractivity contribution >= 4 is 21.8 Å². The standard InChI is InChI=1S/C10H16N2O5S/c13-9-4-7(5-11-9)10(14)12-18(15,16)8-2-1-3-17-6-8/h7-8H,1-6H2,(H,11,13)(H,12,14). The van der Waals surface area contributed by atoms with Crippen LogP contribution in [0.5, 0.6) is 0 Å². The molecule has 2 aliphatic rings. The van der Waals surface area contributed by atoms with Crippen molar-refractivity contribution in [2.24, 2.45) is 5.92 Å². The van der Waals surface area contributed by atoms with Gasteiger partial charge in [-0.05, 0) is 12.8 Å². The molecule has 0 aromatic carbocycles. The lowest BCUT2D eigenvalue weighted by atomic mass is 10.1. The van der Waals surface area contributed by atoms with E-state index in [1.807, 2.05) is 4.72 Å². The number of rotatable bonds is 3. The van der Waals surface area contributed by atoms with E-state index in [0.29, 0.717) is 19.4 Å². The predicted octanol–water partition coefficient (Wildman–Crippen LogP) is -1.25. The maximum absolute atomic E-state index is 11.9. The van der Waals surface area contributed by atoms with Gasteiger partial charge in [-0.25, -0.2) is 8.42 Å². The van der Waals surface area contributed by atoms with Gasteiger partial charge < -0.3 is 10.1 Å². The average Bonchev–Trinajstić information content (AvgIpc) is 2.77. The molecule has 0 spiro atoms. The molecule has 8 heteroatoms. The highest BCUT2D eigenvalue weighted by Crippen LogP contribution is 2.15. The first-order chi connectivity index (χ1) is 8.49. The van der Waals surface area contributed by atoms with Crippen LogP contribution in [-0.4, -0.2) is 45.2 Å². The van der Waals surface area contributed by atoms with Gasteiger partial charge in [-0.1, -0.05) is 0 Å². The lowest BCUT2D eigenvalue weighted by molar-refractivity contribution is -0.125. The van der Waals surface area contributed by atoms with Gasteiger partial charge in [0.25, 0.3) is 0 Å². The van der Waals surface area contributed by atoms with Crippen molar-refractivity contribution in [3.05, 3.63) is 0 Å². The highest BCUT2D eigenvalue weighted by atomic mass is 32.2. The Bertz CT molecular complexity index is 441. The number of nitrogens with one attached hydrogen (secondary N) is 2. The molecule has 2 fully saturated rings. The van der Waals surface area contributed by atoms with Crippen LogP contribution in [-0.2, 0) is 24.3 Å². The minimum absolute atomic E-state index is 0.0442. The molecular weight excluding hydrogens is 260 g/mol. The lowest BCUT2D eigenvalue weighted by Crippen LogP contribution is -2.44. The van der Waals surface area contributed by atoms with E-state index in [1.54, 1.807) is 0 Å². The third kappa shape index (κ3) is 2.99. The summed E-state index contributed by atoms with van der Waals surface area (Å²) in [6, 6.07) is 0. The summed E-state index contributed by atoms with van der Waals surface area (Å²) >= 11 is 0. The summed E-state index contributed by atoms with van der Waals surface area (Å²) in [7, 11) is -3.70. The fourth-order valence-electron chi connectivity index (χ4n) is 2.05. The van der Waals surface area contributed by atoms with Crippen molar-refractivity contribution in [1.82, 2.24) is 10.0 Å². The Kier molecular flexibility index (Phi) is 3.86. The average molecular weight is 276 g/mol. The van der Waals surface area contributed by atoms with Gasteiger partial charge in [-0.15, -0.1) is 0 Å². The fraction of sp³-hybridized carbons (Fsp3) is 0.800. The molecule has 0 saturated carbocycles. The first-order valence-electron chi connectivity index (χ1n) is 5.89. The van der Waals surface area contributed by atoms with Gasteiger partial charge in [0.05, 0.1) is 12.5 Å². The fourth-order valence-corrected chi connectivity index (χ4v) is 3.42. The molecule has 2 saturated heterocycles. The molecule has 2 heterocycles. The summed E-state index contributed by atoms with van der Waals surface area (Å²) in [6.07, 6.45) is 1.20. The van der Waals surface area contributed by atoms with E-state index >= 15 is 0 Å².